The maximum Gasteiger partial charge on any atom is 0.244 e. The molecular formula is C7H11NO2. The minimum Gasteiger partial charge on any atom is -0.366 e. The topological polar surface area (TPSA) is 60.2 Å². The van der Waals surface area contributed by atoms with E-state index in [2.05, 4.69) is 0 Å². The van der Waals surface area contributed by atoms with E-state index in [1.54, 1.807) is 6.92 Å². The number of amides is 1. The molecule has 10 heavy (non-hydrogen) atoms. The summed E-state index contributed by atoms with van der Waals surface area (Å²) in [5, 5.41) is 0. The lowest BCUT2D eigenvalue weighted by Crippen LogP contribution is -2.14. The van der Waals surface area contributed by atoms with Crippen LogP contribution in [0.15, 0.2) is 11.6 Å². The van der Waals surface area contributed by atoms with Gasteiger partial charge in [0, 0.05) is 5.57 Å². The standard InChI is InChI=1S/C7H11NO2/c1-3-6(7(8)10)4-5(2)9/h4H,3H2,1-2H3,(H2,8,10). The highest BCUT2D eigenvalue weighted by Gasteiger charge is 2.01. The first-order valence-electron chi connectivity index (χ1n) is 3.08. The summed E-state index contributed by atoms with van der Waals surface area (Å²) in [4.78, 5) is 20.9. The summed E-state index contributed by atoms with van der Waals surface area (Å²) in [6.45, 7) is 3.16. The van der Waals surface area contributed by atoms with Crippen LogP contribution in [0.25, 0.3) is 0 Å². The summed E-state index contributed by atoms with van der Waals surface area (Å²) in [5.41, 5.74) is 5.32. The van der Waals surface area contributed by atoms with Gasteiger partial charge in [0.1, 0.15) is 0 Å². The van der Waals surface area contributed by atoms with E-state index in [1.807, 2.05) is 0 Å². The Kier molecular flexibility index (Phi) is 3.39. The van der Waals surface area contributed by atoms with Crippen molar-refractivity contribution in [1.82, 2.24) is 0 Å². The highest BCUT2D eigenvalue weighted by atomic mass is 16.1. The Bertz CT molecular complexity index is 182. The van der Waals surface area contributed by atoms with Crippen LogP contribution in [0, 0.1) is 0 Å². The van der Waals surface area contributed by atoms with Gasteiger partial charge in [0.2, 0.25) is 5.91 Å². The number of carbonyl (C=O) groups is 2. The van der Waals surface area contributed by atoms with Gasteiger partial charge in [-0.15, -0.1) is 0 Å². The average Bonchev–Trinajstić information content (AvgIpc) is 1.81. The fraction of sp³-hybridized carbons (Fsp3) is 0.429. The molecule has 0 spiro atoms. The van der Waals surface area contributed by atoms with Gasteiger partial charge in [0.25, 0.3) is 0 Å². The van der Waals surface area contributed by atoms with E-state index in [0.29, 0.717) is 12.0 Å². The number of hydrogen-bond acceptors (Lipinski definition) is 2. The van der Waals surface area contributed by atoms with Gasteiger partial charge < -0.3 is 5.73 Å². The fourth-order valence-electron chi connectivity index (χ4n) is 0.593. The molecule has 0 rings (SSSR count). The number of carbonyl (C=O) groups excluding carboxylic acids is 2. The van der Waals surface area contributed by atoms with E-state index in [9.17, 15) is 9.59 Å². The Hall–Kier alpha value is -1.12. The van der Waals surface area contributed by atoms with Crippen molar-refractivity contribution in [3.63, 3.8) is 0 Å². The van der Waals surface area contributed by atoms with Crippen molar-refractivity contribution in [2.75, 3.05) is 0 Å². The SMILES string of the molecule is CCC(=CC(C)=O)C(N)=O. The van der Waals surface area contributed by atoms with Crippen LogP contribution in [0.1, 0.15) is 20.3 Å². The molecule has 0 aliphatic carbocycles. The summed E-state index contributed by atoms with van der Waals surface area (Å²) in [6, 6.07) is 0. The van der Waals surface area contributed by atoms with Crippen LogP contribution in [0.5, 0.6) is 0 Å². The molecule has 0 heterocycles. The molecule has 0 unspecified atom stereocenters. The summed E-state index contributed by atoms with van der Waals surface area (Å²) >= 11 is 0. The van der Waals surface area contributed by atoms with E-state index in [-0.39, 0.29) is 5.78 Å². The van der Waals surface area contributed by atoms with Gasteiger partial charge in [-0.1, -0.05) is 6.92 Å². The molecule has 0 atom stereocenters. The molecule has 0 saturated carbocycles. The molecule has 0 aliphatic rings. The number of ketones is 1. The Morgan fingerprint density at radius 1 is 1.50 bits per heavy atom. The van der Waals surface area contributed by atoms with Gasteiger partial charge in [-0.2, -0.15) is 0 Å². The maximum absolute atomic E-state index is 10.5. The molecule has 3 nitrogen and oxygen atoms in total. The minimum atomic E-state index is -0.516. The lowest BCUT2D eigenvalue weighted by atomic mass is 10.1. The Labute approximate surface area is 59.9 Å². The molecular weight excluding hydrogens is 130 g/mol. The van der Waals surface area contributed by atoms with Gasteiger partial charge >= 0.3 is 0 Å². The molecule has 0 fully saturated rings. The Morgan fingerprint density at radius 3 is 2.10 bits per heavy atom. The van der Waals surface area contributed by atoms with Crippen LogP contribution >= 0.6 is 0 Å². The smallest absolute Gasteiger partial charge is 0.244 e. The molecule has 0 aromatic heterocycles. The monoisotopic (exact) mass is 141 g/mol. The molecule has 0 aliphatic heterocycles. The summed E-state index contributed by atoms with van der Waals surface area (Å²) < 4.78 is 0. The second kappa shape index (κ2) is 3.82. The number of allylic oxidation sites excluding steroid dienone is 1. The first kappa shape index (κ1) is 8.88. The van der Waals surface area contributed by atoms with Gasteiger partial charge in [-0.3, -0.25) is 9.59 Å². The van der Waals surface area contributed by atoms with Crippen molar-refractivity contribution in [3.05, 3.63) is 11.6 Å². The van der Waals surface area contributed by atoms with Crippen LogP contribution in [-0.4, -0.2) is 11.7 Å². The highest BCUT2D eigenvalue weighted by Crippen LogP contribution is 1.98. The molecule has 0 bridgehead atoms. The number of nitrogens with two attached hydrogens (primary N) is 1. The number of primary amides is 1. The van der Waals surface area contributed by atoms with E-state index < -0.39 is 5.91 Å². The Morgan fingerprint density at radius 2 is 2.00 bits per heavy atom. The van der Waals surface area contributed by atoms with Crippen LogP contribution in [0.3, 0.4) is 0 Å². The number of hydrogen-bond donors (Lipinski definition) is 1. The first-order chi connectivity index (χ1) is 4.57. The van der Waals surface area contributed by atoms with E-state index in [0.717, 1.165) is 0 Å². The predicted octanol–water partition coefficient (Wildman–Crippen LogP) is 0.397. The van der Waals surface area contributed by atoms with Crippen molar-refractivity contribution >= 4 is 11.7 Å². The maximum atomic E-state index is 10.5. The minimum absolute atomic E-state index is 0.143. The normalized spacial score (nSPS) is 11.2. The van der Waals surface area contributed by atoms with Crippen LogP contribution in [0.2, 0.25) is 0 Å². The van der Waals surface area contributed by atoms with Crippen molar-refractivity contribution in [3.8, 4) is 0 Å². The van der Waals surface area contributed by atoms with Crippen molar-refractivity contribution in [1.29, 1.82) is 0 Å². The third kappa shape index (κ3) is 3.02. The molecule has 0 aromatic carbocycles. The molecule has 0 radical (unpaired) electrons. The van der Waals surface area contributed by atoms with Gasteiger partial charge in [-0.05, 0) is 19.4 Å². The van der Waals surface area contributed by atoms with E-state index in [4.69, 9.17) is 5.73 Å². The molecule has 3 heteroatoms. The predicted molar refractivity (Wildman–Crippen MR) is 38.2 cm³/mol. The quantitative estimate of drug-likeness (QED) is 0.578. The zero-order valence-corrected chi connectivity index (χ0v) is 6.18. The second-order valence-corrected chi connectivity index (χ2v) is 2.00. The van der Waals surface area contributed by atoms with Crippen LogP contribution < -0.4 is 5.73 Å². The van der Waals surface area contributed by atoms with E-state index >= 15 is 0 Å². The van der Waals surface area contributed by atoms with Crippen molar-refractivity contribution in [2.24, 2.45) is 5.73 Å². The fourth-order valence-corrected chi connectivity index (χ4v) is 0.593. The molecule has 56 valence electrons. The zero-order chi connectivity index (χ0) is 8.15. The van der Waals surface area contributed by atoms with Gasteiger partial charge in [-0.25, -0.2) is 0 Å². The summed E-state index contributed by atoms with van der Waals surface area (Å²) in [7, 11) is 0. The Balaban J connectivity index is 4.34. The summed E-state index contributed by atoms with van der Waals surface area (Å²) in [5.74, 6) is -0.659. The zero-order valence-electron chi connectivity index (χ0n) is 6.18. The lowest BCUT2D eigenvalue weighted by Gasteiger charge is -1.94. The third-order valence-electron chi connectivity index (χ3n) is 1.07. The molecule has 0 saturated heterocycles. The molecule has 2 N–H and O–H groups in total. The summed E-state index contributed by atoms with van der Waals surface area (Å²) in [6.07, 6.45) is 1.78. The van der Waals surface area contributed by atoms with Gasteiger partial charge in [0.05, 0.1) is 0 Å². The third-order valence-corrected chi connectivity index (χ3v) is 1.07. The van der Waals surface area contributed by atoms with Crippen molar-refractivity contribution < 1.29 is 9.59 Å². The average molecular weight is 141 g/mol. The van der Waals surface area contributed by atoms with Crippen LogP contribution in [-0.2, 0) is 9.59 Å². The van der Waals surface area contributed by atoms with Crippen LogP contribution in [0.4, 0.5) is 0 Å². The second-order valence-electron chi connectivity index (χ2n) is 2.00. The van der Waals surface area contributed by atoms with Crippen molar-refractivity contribution in [2.45, 2.75) is 20.3 Å². The molecule has 0 aromatic rings. The largest absolute Gasteiger partial charge is 0.366 e. The number of rotatable bonds is 3. The van der Waals surface area contributed by atoms with E-state index in [1.165, 1.54) is 13.0 Å². The lowest BCUT2D eigenvalue weighted by molar-refractivity contribution is -0.116. The molecule has 1 amide bonds. The van der Waals surface area contributed by atoms with Gasteiger partial charge in [0.15, 0.2) is 5.78 Å². The highest BCUT2D eigenvalue weighted by molar-refractivity contribution is 6.00. The first-order valence-corrected chi connectivity index (χ1v) is 3.08.